The van der Waals surface area contributed by atoms with Crippen LogP contribution >= 0.6 is 11.3 Å². The van der Waals surface area contributed by atoms with Crippen molar-refractivity contribution >= 4 is 49.8 Å². The van der Waals surface area contributed by atoms with Crippen LogP contribution in [0.5, 0.6) is 11.5 Å². The molecule has 0 bridgehead atoms. The van der Waals surface area contributed by atoms with E-state index in [4.69, 9.17) is 9.47 Å². The van der Waals surface area contributed by atoms with Crippen LogP contribution in [0, 0.1) is 0 Å². The third kappa shape index (κ3) is 4.27. The number of hydrogen-bond acceptors (Lipinski definition) is 8. The summed E-state index contributed by atoms with van der Waals surface area (Å²) < 4.78 is 11.3. The van der Waals surface area contributed by atoms with E-state index in [2.05, 4.69) is 4.98 Å². The number of carbonyl (C=O) groups is 2. The highest BCUT2D eigenvalue weighted by Gasteiger charge is 2.48. The molecule has 9 heteroatoms. The van der Waals surface area contributed by atoms with Crippen LogP contribution in [0.4, 0.5) is 10.8 Å². The fraction of sp³-hybridized carbons (Fsp3) is 0.179. The second kappa shape index (κ2) is 9.59. The Morgan fingerprint density at radius 3 is 2.22 bits per heavy atom. The van der Waals surface area contributed by atoms with Crippen molar-refractivity contribution in [2.24, 2.45) is 0 Å². The Morgan fingerprint density at radius 2 is 1.59 bits per heavy atom. The highest BCUT2D eigenvalue weighted by molar-refractivity contribution is 7.22. The summed E-state index contributed by atoms with van der Waals surface area (Å²) in [6.07, 6.45) is 0. The van der Waals surface area contributed by atoms with Crippen LogP contribution < -0.4 is 19.3 Å². The number of ketones is 1. The lowest BCUT2D eigenvalue weighted by Gasteiger charge is -2.23. The Kier molecular flexibility index (Phi) is 6.31. The van der Waals surface area contributed by atoms with E-state index in [0.717, 1.165) is 10.4 Å². The largest absolute Gasteiger partial charge is 0.507 e. The predicted molar refractivity (Wildman–Crippen MR) is 145 cm³/mol. The number of benzene rings is 3. The zero-order chi connectivity index (χ0) is 26.3. The number of amides is 1. The van der Waals surface area contributed by atoms with E-state index in [0.29, 0.717) is 33.3 Å². The van der Waals surface area contributed by atoms with Gasteiger partial charge in [0, 0.05) is 25.3 Å². The zero-order valence-corrected chi connectivity index (χ0v) is 21.6. The van der Waals surface area contributed by atoms with Gasteiger partial charge in [-0.15, -0.1) is 0 Å². The van der Waals surface area contributed by atoms with Gasteiger partial charge in [0.1, 0.15) is 17.3 Å². The average Bonchev–Trinajstić information content (AvgIpc) is 3.45. The molecular formula is C28H25N3O5S. The molecule has 1 atom stereocenters. The Hall–Kier alpha value is -4.37. The van der Waals surface area contributed by atoms with Crippen LogP contribution in [0.2, 0.25) is 0 Å². The van der Waals surface area contributed by atoms with Crippen LogP contribution in [-0.4, -0.2) is 50.1 Å². The topological polar surface area (TPSA) is 92.2 Å². The fourth-order valence-electron chi connectivity index (χ4n) is 4.33. The number of aromatic nitrogens is 1. The Balaban J connectivity index is 1.69. The van der Waals surface area contributed by atoms with E-state index in [1.807, 2.05) is 55.4 Å². The molecule has 1 fully saturated rings. The summed E-state index contributed by atoms with van der Waals surface area (Å²) in [5, 5.41) is 11.7. The molecule has 1 N–H and O–H groups in total. The average molecular weight is 516 g/mol. The molecule has 0 aliphatic carbocycles. The first kappa shape index (κ1) is 24.3. The zero-order valence-electron chi connectivity index (χ0n) is 20.8. The first-order valence-electron chi connectivity index (χ1n) is 11.5. The molecule has 1 aliphatic rings. The van der Waals surface area contributed by atoms with Gasteiger partial charge in [0.25, 0.3) is 5.78 Å². The number of aliphatic hydroxyl groups excluding tert-OH is 1. The summed E-state index contributed by atoms with van der Waals surface area (Å²) in [6.45, 7) is 0. The maximum absolute atomic E-state index is 13.5. The lowest BCUT2D eigenvalue weighted by Crippen LogP contribution is -2.29. The smallest absolute Gasteiger partial charge is 0.301 e. The molecule has 5 rings (SSSR count). The number of fused-ring (bicyclic) bond motifs is 1. The summed E-state index contributed by atoms with van der Waals surface area (Å²) in [7, 11) is 6.99. The van der Waals surface area contributed by atoms with Gasteiger partial charge in [-0.3, -0.25) is 14.5 Å². The Bertz CT molecular complexity index is 1520. The van der Waals surface area contributed by atoms with E-state index in [1.54, 1.807) is 44.6 Å². The van der Waals surface area contributed by atoms with Gasteiger partial charge in [0.05, 0.1) is 36.1 Å². The van der Waals surface area contributed by atoms with Crippen LogP contribution in [0.25, 0.3) is 16.0 Å². The van der Waals surface area contributed by atoms with Crippen molar-refractivity contribution in [3.8, 4) is 11.5 Å². The SMILES string of the molecule is COc1ccc(C(O)=C2C(=O)C(=O)N(c3nc4ccc(OC)cc4s3)C2c2ccc(N(C)C)cc2)cc1. The molecule has 0 saturated carbocycles. The van der Waals surface area contributed by atoms with E-state index in [1.165, 1.54) is 16.2 Å². The number of rotatable bonds is 6. The fourth-order valence-corrected chi connectivity index (χ4v) is 5.35. The van der Waals surface area contributed by atoms with Crippen molar-refractivity contribution < 1.29 is 24.2 Å². The van der Waals surface area contributed by atoms with Gasteiger partial charge in [-0.25, -0.2) is 4.98 Å². The van der Waals surface area contributed by atoms with Crippen LogP contribution in [-0.2, 0) is 9.59 Å². The van der Waals surface area contributed by atoms with Crippen molar-refractivity contribution in [3.05, 3.63) is 83.4 Å². The van der Waals surface area contributed by atoms with E-state index < -0.39 is 17.7 Å². The van der Waals surface area contributed by atoms with Gasteiger partial charge in [-0.2, -0.15) is 0 Å². The summed E-state index contributed by atoms with van der Waals surface area (Å²) in [4.78, 5) is 34.9. The second-order valence-corrected chi connectivity index (χ2v) is 9.72. The van der Waals surface area contributed by atoms with Gasteiger partial charge in [0.2, 0.25) is 0 Å². The number of Topliss-reactive ketones (excluding diaryl/α,β-unsaturated/α-hetero) is 1. The van der Waals surface area contributed by atoms with Crippen molar-refractivity contribution in [1.82, 2.24) is 4.98 Å². The molecule has 1 amide bonds. The molecular weight excluding hydrogens is 490 g/mol. The Labute approximate surface area is 218 Å². The molecule has 3 aromatic carbocycles. The molecule has 188 valence electrons. The molecule has 8 nitrogen and oxygen atoms in total. The van der Waals surface area contributed by atoms with Gasteiger partial charge >= 0.3 is 5.91 Å². The predicted octanol–water partition coefficient (Wildman–Crippen LogP) is 5.01. The summed E-state index contributed by atoms with van der Waals surface area (Å²) >= 11 is 1.28. The molecule has 1 aliphatic heterocycles. The minimum absolute atomic E-state index is 0.00427. The molecule has 37 heavy (non-hydrogen) atoms. The number of methoxy groups -OCH3 is 2. The van der Waals surface area contributed by atoms with Crippen molar-refractivity contribution in [2.45, 2.75) is 6.04 Å². The third-order valence-electron chi connectivity index (χ3n) is 6.32. The highest BCUT2D eigenvalue weighted by atomic mass is 32.1. The lowest BCUT2D eigenvalue weighted by atomic mass is 9.95. The molecule has 0 spiro atoms. The number of carbonyl (C=O) groups excluding carboxylic acids is 2. The maximum atomic E-state index is 13.5. The minimum Gasteiger partial charge on any atom is -0.507 e. The van der Waals surface area contributed by atoms with Crippen LogP contribution in [0.3, 0.4) is 0 Å². The van der Waals surface area contributed by atoms with Crippen LogP contribution in [0.1, 0.15) is 17.2 Å². The maximum Gasteiger partial charge on any atom is 0.301 e. The summed E-state index contributed by atoms with van der Waals surface area (Å²) in [5.74, 6) is -0.500. The molecule has 0 radical (unpaired) electrons. The minimum atomic E-state index is -0.860. The first-order chi connectivity index (χ1) is 17.8. The Morgan fingerprint density at radius 1 is 0.946 bits per heavy atom. The quantitative estimate of drug-likeness (QED) is 0.219. The normalized spacial score (nSPS) is 16.9. The van der Waals surface area contributed by atoms with E-state index >= 15 is 0 Å². The standard InChI is InChI=1S/C28H25N3O5S/c1-30(2)18-9-5-16(6-10-18)24-23(25(32)17-7-11-19(35-3)12-8-17)26(33)27(34)31(24)28-29-21-14-13-20(36-4)15-22(21)37-28/h5-15,24,32H,1-4H3. The molecule has 1 aromatic heterocycles. The number of thiazole rings is 1. The molecule has 4 aromatic rings. The monoisotopic (exact) mass is 515 g/mol. The second-order valence-electron chi connectivity index (χ2n) is 8.71. The number of nitrogens with zero attached hydrogens (tertiary/aromatic N) is 3. The number of ether oxygens (including phenoxy) is 2. The third-order valence-corrected chi connectivity index (χ3v) is 7.34. The summed E-state index contributed by atoms with van der Waals surface area (Å²) in [6, 6.07) is 18.8. The van der Waals surface area contributed by atoms with Crippen molar-refractivity contribution in [3.63, 3.8) is 0 Å². The van der Waals surface area contributed by atoms with Gasteiger partial charge in [0.15, 0.2) is 5.13 Å². The lowest BCUT2D eigenvalue weighted by molar-refractivity contribution is -0.132. The number of hydrogen-bond donors (Lipinski definition) is 1. The molecule has 1 saturated heterocycles. The van der Waals surface area contributed by atoms with Crippen molar-refractivity contribution in [2.75, 3.05) is 38.1 Å². The highest BCUT2D eigenvalue weighted by Crippen LogP contribution is 2.45. The molecule has 2 heterocycles. The molecule has 1 unspecified atom stereocenters. The summed E-state index contributed by atoms with van der Waals surface area (Å²) in [5.41, 5.74) is 2.73. The van der Waals surface area contributed by atoms with Gasteiger partial charge in [-0.05, 0) is 60.2 Å². The van der Waals surface area contributed by atoms with E-state index in [9.17, 15) is 14.7 Å². The van der Waals surface area contributed by atoms with Crippen molar-refractivity contribution in [1.29, 1.82) is 0 Å². The van der Waals surface area contributed by atoms with Gasteiger partial charge in [-0.1, -0.05) is 23.5 Å². The van der Waals surface area contributed by atoms with Crippen LogP contribution in [0.15, 0.2) is 72.3 Å². The number of aliphatic hydroxyl groups is 1. The number of anilines is 2. The van der Waals surface area contributed by atoms with Gasteiger partial charge < -0.3 is 19.5 Å². The first-order valence-corrected chi connectivity index (χ1v) is 12.3. The van der Waals surface area contributed by atoms with E-state index in [-0.39, 0.29) is 11.3 Å².